The fraction of sp³-hybridized carbons (Fsp3) is 0. The van der Waals surface area contributed by atoms with Crippen LogP contribution in [0.15, 0.2) is 461 Å². The quantitative estimate of drug-likeness (QED) is 0.0857. The summed E-state index contributed by atoms with van der Waals surface area (Å²) in [7, 11) is 0. The monoisotopic (exact) mass is 1530 g/mol. The molecule has 0 aliphatic rings. The van der Waals surface area contributed by atoms with E-state index in [0.717, 1.165) is 163 Å². The Morgan fingerprint density at radius 2 is 0.383 bits per heavy atom. The van der Waals surface area contributed by atoms with Gasteiger partial charge in [-0.1, -0.05) is 255 Å². The molecular weight excluding hydrogens is 1460 g/mol. The van der Waals surface area contributed by atoms with Gasteiger partial charge in [0.2, 0.25) is 0 Å². The van der Waals surface area contributed by atoms with Crippen molar-refractivity contribution in [3.05, 3.63) is 461 Å². The van der Waals surface area contributed by atoms with Crippen LogP contribution in [-0.4, -0.2) is 23.7 Å². The van der Waals surface area contributed by atoms with Crippen LogP contribution in [0.4, 0.5) is 51.2 Å². The first-order valence-electron chi connectivity index (χ1n) is 40.8. The standard InChI is InChI=1S/C112H76N8/c1-7-40-86(41-8-1)115(87-42-9-2-10-43-87)95-61-64-109-101(73-95)98-55-19-22-58-106(98)118(109)92-52-28-34-80(70-92)77-31-25-37-83(67-77)104-76-105(84-38-26-32-78(68-84)81-35-29-53-93(71-81)119-107-59-23-20-56-99(107)102-74-96(62-65-110(102)119)116(88-44-11-3-12-45-88)89-46-13-4-14-47-89)114-112(113-104)85-39-27-33-79(69-85)82-36-30-54-94(72-82)120-108-60-24-21-57-100(108)103-75-97(63-66-111(103)120)117(90-48-15-5-16-49-90)91-50-17-6-18-51-91/h1-76H. The molecule has 564 valence electrons. The molecule has 0 saturated carbocycles. The second kappa shape index (κ2) is 30.2. The Labute approximate surface area is 695 Å². The van der Waals surface area contributed by atoms with E-state index < -0.39 is 0 Å². The number of hydrogen-bond acceptors (Lipinski definition) is 5. The summed E-state index contributed by atoms with van der Waals surface area (Å²) in [5.74, 6) is 0.619. The molecule has 4 aromatic heterocycles. The highest BCUT2D eigenvalue weighted by molar-refractivity contribution is 6.13. The third-order valence-corrected chi connectivity index (χ3v) is 23.3. The van der Waals surface area contributed by atoms with E-state index in [2.05, 4.69) is 489 Å². The highest BCUT2D eigenvalue weighted by atomic mass is 15.2. The van der Waals surface area contributed by atoms with Crippen LogP contribution in [0.25, 0.3) is 150 Å². The van der Waals surface area contributed by atoms with Gasteiger partial charge < -0.3 is 28.4 Å². The Hall–Kier alpha value is -16.2. The van der Waals surface area contributed by atoms with E-state index in [1.807, 2.05) is 0 Å². The summed E-state index contributed by atoms with van der Waals surface area (Å²) >= 11 is 0. The van der Waals surface area contributed by atoms with Gasteiger partial charge in [-0.25, -0.2) is 9.97 Å². The van der Waals surface area contributed by atoms with Crippen LogP contribution in [-0.2, 0) is 0 Å². The minimum absolute atomic E-state index is 0.619. The van der Waals surface area contributed by atoms with Crippen molar-refractivity contribution in [1.29, 1.82) is 0 Å². The van der Waals surface area contributed by atoms with Gasteiger partial charge in [0.15, 0.2) is 5.82 Å². The molecule has 0 radical (unpaired) electrons. The molecule has 0 fully saturated rings. The van der Waals surface area contributed by atoms with Crippen molar-refractivity contribution in [3.8, 4) is 84.3 Å². The van der Waals surface area contributed by atoms with Crippen LogP contribution in [0.2, 0.25) is 0 Å². The molecule has 4 heterocycles. The van der Waals surface area contributed by atoms with Gasteiger partial charge >= 0.3 is 0 Å². The molecule has 0 atom stereocenters. The van der Waals surface area contributed by atoms with Crippen molar-refractivity contribution >= 4 is 117 Å². The smallest absolute Gasteiger partial charge is 0.160 e. The van der Waals surface area contributed by atoms with Gasteiger partial charge in [-0.05, 0) is 240 Å². The van der Waals surface area contributed by atoms with Gasteiger partial charge in [-0.15, -0.1) is 0 Å². The van der Waals surface area contributed by atoms with Crippen molar-refractivity contribution in [1.82, 2.24) is 23.7 Å². The fourth-order valence-electron chi connectivity index (χ4n) is 17.8. The SMILES string of the molecule is c1ccc(N(c2ccccc2)c2ccc3c(c2)c2ccccc2n3-c2cccc(-c3cccc(-c4cc(-c5cccc(-c6cccc(-n7c8ccccc8c8cc(N(c9ccccc9)c9ccccc9)ccc87)c6)c5)nc(-c5cccc(-c6cccc(-n7c8ccccc8c8cc(N(c9ccccc9)c9ccccc9)ccc87)c6)c5)n4)c3)c2)cc1. The molecule has 22 aromatic rings. The van der Waals surface area contributed by atoms with Crippen molar-refractivity contribution < 1.29 is 0 Å². The molecule has 0 bridgehead atoms. The molecule has 0 N–H and O–H groups in total. The number of rotatable bonds is 18. The summed E-state index contributed by atoms with van der Waals surface area (Å²) in [5, 5.41) is 7.08. The Balaban J connectivity index is 0.645. The second-order valence-electron chi connectivity index (χ2n) is 30.5. The molecule has 0 aliphatic heterocycles. The van der Waals surface area contributed by atoms with Gasteiger partial charge in [0, 0.05) is 117 Å². The summed E-state index contributed by atoms with van der Waals surface area (Å²) in [6.45, 7) is 0. The zero-order valence-corrected chi connectivity index (χ0v) is 65.5. The second-order valence-corrected chi connectivity index (χ2v) is 30.5. The van der Waals surface area contributed by atoms with Crippen molar-refractivity contribution in [2.45, 2.75) is 0 Å². The van der Waals surface area contributed by atoms with E-state index in [1.165, 1.54) is 32.3 Å². The summed E-state index contributed by atoms with van der Waals surface area (Å²) in [4.78, 5) is 18.2. The van der Waals surface area contributed by atoms with E-state index >= 15 is 0 Å². The van der Waals surface area contributed by atoms with Crippen LogP contribution >= 0.6 is 0 Å². The summed E-state index contributed by atoms with van der Waals surface area (Å²) in [6.07, 6.45) is 0. The molecule has 22 rings (SSSR count). The highest BCUT2D eigenvalue weighted by Crippen LogP contribution is 2.46. The maximum Gasteiger partial charge on any atom is 0.160 e. The average Bonchev–Trinajstić information content (AvgIpc) is 1.59. The predicted molar refractivity (Wildman–Crippen MR) is 502 cm³/mol. The minimum Gasteiger partial charge on any atom is -0.310 e. The average molecular weight is 1530 g/mol. The van der Waals surface area contributed by atoms with Gasteiger partial charge in [-0.3, -0.25) is 0 Å². The molecule has 8 nitrogen and oxygen atoms in total. The zero-order chi connectivity index (χ0) is 79.4. The molecule has 0 spiro atoms. The van der Waals surface area contributed by atoms with Crippen molar-refractivity contribution in [2.24, 2.45) is 0 Å². The first-order valence-corrected chi connectivity index (χ1v) is 40.8. The molecule has 0 aliphatic carbocycles. The van der Waals surface area contributed by atoms with Crippen LogP contribution in [0, 0.1) is 0 Å². The number of hydrogen-bond donors (Lipinski definition) is 0. The molecular formula is C112H76N8. The maximum atomic E-state index is 5.62. The van der Waals surface area contributed by atoms with E-state index in [4.69, 9.17) is 9.97 Å². The van der Waals surface area contributed by atoms with Gasteiger partial charge in [0.1, 0.15) is 0 Å². The molecule has 0 saturated heterocycles. The van der Waals surface area contributed by atoms with Gasteiger partial charge in [0.25, 0.3) is 0 Å². The van der Waals surface area contributed by atoms with Gasteiger partial charge in [-0.2, -0.15) is 0 Å². The van der Waals surface area contributed by atoms with Crippen molar-refractivity contribution in [2.75, 3.05) is 14.7 Å². The first-order chi connectivity index (χ1) is 59.5. The van der Waals surface area contributed by atoms with Crippen molar-refractivity contribution in [3.63, 3.8) is 0 Å². The number of nitrogens with zero attached hydrogens (tertiary/aromatic N) is 8. The summed E-state index contributed by atoms with van der Waals surface area (Å²) in [6, 6.07) is 166. The largest absolute Gasteiger partial charge is 0.310 e. The molecule has 0 unspecified atom stereocenters. The van der Waals surface area contributed by atoms with E-state index in [9.17, 15) is 0 Å². The molecule has 18 aromatic carbocycles. The maximum absolute atomic E-state index is 5.62. The molecule has 0 amide bonds. The lowest BCUT2D eigenvalue weighted by Gasteiger charge is -2.25. The van der Waals surface area contributed by atoms with Crippen LogP contribution in [0.5, 0.6) is 0 Å². The summed E-state index contributed by atoms with van der Waals surface area (Å²) < 4.78 is 7.23. The van der Waals surface area contributed by atoms with Crippen LogP contribution in [0.1, 0.15) is 0 Å². The number of anilines is 9. The van der Waals surface area contributed by atoms with E-state index in [-0.39, 0.29) is 0 Å². The van der Waals surface area contributed by atoms with E-state index in [0.29, 0.717) is 5.82 Å². The van der Waals surface area contributed by atoms with E-state index in [1.54, 1.807) is 0 Å². The van der Waals surface area contributed by atoms with Crippen LogP contribution < -0.4 is 14.7 Å². The molecule has 8 heteroatoms. The molecule has 120 heavy (non-hydrogen) atoms. The number of fused-ring (bicyclic) bond motifs is 9. The number of benzene rings is 18. The normalized spacial score (nSPS) is 11.5. The topological polar surface area (TPSA) is 50.3 Å². The fourth-order valence-corrected chi connectivity index (χ4v) is 17.8. The Bertz CT molecular complexity index is 6760. The summed E-state index contributed by atoms with van der Waals surface area (Å²) in [5.41, 5.74) is 30.7. The Morgan fingerprint density at radius 3 is 0.683 bits per heavy atom. The minimum atomic E-state index is 0.619. The first kappa shape index (κ1) is 70.5. The lowest BCUT2D eigenvalue weighted by atomic mass is 9.98. The number of aromatic nitrogens is 5. The number of para-hydroxylation sites is 9. The van der Waals surface area contributed by atoms with Gasteiger partial charge in [0.05, 0.1) is 44.5 Å². The van der Waals surface area contributed by atoms with Crippen LogP contribution in [0.3, 0.4) is 0 Å². The highest BCUT2D eigenvalue weighted by Gasteiger charge is 2.24. The lowest BCUT2D eigenvalue weighted by Crippen LogP contribution is -2.09. The predicted octanol–water partition coefficient (Wildman–Crippen LogP) is 30.2. The third-order valence-electron chi connectivity index (χ3n) is 23.3. The Kier molecular flexibility index (Phi) is 17.8. The zero-order valence-electron chi connectivity index (χ0n) is 65.5. The Morgan fingerprint density at radius 1 is 0.150 bits per heavy atom. The lowest BCUT2D eigenvalue weighted by molar-refractivity contribution is 1.18. The third kappa shape index (κ3) is 12.9.